The van der Waals surface area contributed by atoms with Crippen molar-refractivity contribution in [3.05, 3.63) is 42.0 Å². The number of nitrogens with zero attached hydrogens (tertiary/aromatic N) is 3. The van der Waals surface area contributed by atoms with Crippen molar-refractivity contribution in [2.45, 2.75) is 6.42 Å². The van der Waals surface area contributed by atoms with Gasteiger partial charge in [0.15, 0.2) is 16.6 Å². The van der Waals surface area contributed by atoms with Crippen molar-refractivity contribution < 1.29 is 19.0 Å². The van der Waals surface area contributed by atoms with Gasteiger partial charge in [-0.1, -0.05) is 17.4 Å². The predicted molar refractivity (Wildman–Crippen MR) is 126 cm³/mol. The average Bonchev–Trinajstić information content (AvgIpc) is 3.19. The average molecular weight is 464 g/mol. The minimum atomic E-state index is -0.108. The van der Waals surface area contributed by atoms with E-state index in [2.05, 4.69) is 4.90 Å². The zero-order valence-corrected chi connectivity index (χ0v) is 19.4. The fourth-order valence-electron chi connectivity index (χ4n) is 3.35. The second kappa shape index (κ2) is 10.2. The molecular formula is C22H26ClN3O4S. The highest BCUT2D eigenvalue weighted by Gasteiger charge is 2.24. The molecule has 0 bridgehead atoms. The molecule has 0 saturated carbocycles. The third-order valence-corrected chi connectivity index (χ3v) is 5.89. The van der Waals surface area contributed by atoms with Gasteiger partial charge < -0.3 is 19.1 Å². The fourth-order valence-corrected chi connectivity index (χ4v) is 4.36. The van der Waals surface area contributed by atoms with Gasteiger partial charge in [-0.15, -0.1) is 12.4 Å². The van der Waals surface area contributed by atoms with Gasteiger partial charge in [-0.2, -0.15) is 0 Å². The van der Waals surface area contributed by atoms with Crippen LogP contribution in [0.25, 0.3) is 10.2 Å². The van der Waals surface area contributed by atoms with Gasteiger partial charge in [0, 0.05) is 12.1 Å². The molecule has 0 unspecified atom stereocenters. The first-order valence-electron chi connectivity index (χ1n) is 9.86. The number of halogens is 1. The molecule has 7 nitrogen and oxygen atoms in total. The maximum Gasteiger partial charge on any atom is 0.260 e. The van der Waals surface area contributed by atoms with Gasteiger partial charge in [-0.05, 0) is 57.4 Å². The summed E-state index contributed by atoms with van der Waals surface area (Å²) in [7, 11) is 5.67. The number of hydrogen-bond donors (Lipinski definition) is 0. The summed E-state index contributed by atoms with van der Waals surface area (Å²) in [5, 5.41) is 0.660. The standard InChI is InChI=1S/C22H25N3O4S.ClH/c1-24(2)10-5-11-25(22-23-20-17(27-3)6-4-7-19(20)30-22)21(26)15-8-9-16-18(14-15)29-13-12-28-16;/h4,6-9,14H,5,10-13H2,1-3H3;1H. The number of methoxy groups -OCH3 is 1. The van der Waals surface area contributed by atoms with E-state index in [1.165, 1.54) is 11.3 Å². The molecule has 0 radical (unpaired) electrons. The van der Waals surface area contributed by atoms with E-state index < -0.39 is 0 Å². The Bertz CT molecular complexity index is 1060. The van der Waals surface area contributed by atoms with Gasteiger partial charge in [-0.3, -0.25) is 9.69 Å². The van der Waals surface area contributed by atoms with Crippen LogP contribution >= 0.6 is 23.7 Å². The van der Waals surface area contributed by atoms with Crippen LogP contribution in [0.2, 0.25) is 0 Å². The van der Waals surface area contributed by atoms with Crippen molar-refractivity contribution in [3.8, 4) is 17.2 Å². The molecule has 2 aromatic carbocycles. The summed E-state index contributed by atoms with van der Waals surface area (Å²) in [6.07, 6.45) is 0.830. The maximum absolute atomic E-state index is 13.5. The number of ether oxygens (including phenoxy) is 3. The van der Waals surface area contributed by atoms with Gasteiger partial charge in [0.25, 0.3) is 5.91 Å². The van der Waals surface area contributed by atoms with Gasteiger partial charge >= 0.3 is 0 Å². The zero-order chi connectivity index (χ0) is 21.1. The predicted octanol–water partition coefficient (Wildman–Crippen LogP) is 4.10. The summed E-state index contributed by atoms with van der Waals surface area (Å²) < 4.78 is 17.7. The quantitative estimate of drug-likeness (QED) is 0.525. The van der Waals surface area contributed by atoms with Crippen molar-refractivity contribution >= 4 is 45.0 Å². The van der Waals surface area contributed by atoms with E-state index in [1.807, 2.05) is 32.3 Å². The Balaban J connectivity index is 0.00000272. The number of fused-ring (bicyclic) bond motifs is 2. The molecule has 1 amide bonds. The molecule has 2 heterocycles. The summed E-state index contributed by atoms with van der Waals surface area (Å²) >= 11 is 1.49. The topological polar surface area (TPSA) is 64.1 Å². The summed E-state index contributed by atoms with van der Waals surface area (Å²) in [6.45, 7) is 2.44. The largest absolute Gasteiger partial charge is 0.494 e. The van der Waals surface area contributed by atoms with Gasteiger partial charge in [0.05, 0.1) is 11.8 Å². The van der Waals surface area contributed by atoms with E-state index in [-0.39, 0.29) is 18.3 Å². The SMILES string of the molecule is COc1cccc2sc(N(CCCN(C)C)C(=O)c3ccc4c(c3)OCCO4)nc12.Cl. The van der Waals surface area contributed by atoms with E-state index in [1.54, 1.807) is 30.2 Å². The van der Waals surface area contributed by atoms with E-state index in [4.69, 9.17) is 19.2 Å². The van der Waals surface area contributed by atoms with Crippen molar-refractivity contribution in [1.82, 2.24) is 9.88 Å². The van der Waals surface area contributed by atoms with E-state index in [0.29, 0.717) is 47.7 Å². The molecule has 0 fully saturated rings. The molecule has 9 heteroatoms. The zero-order valence-electron chi connectivity index (χ0n) is 17.8. The molecule has 166 valence electrons. The number of carbonyl (C=O) groups is 1. The Morgan fingerprint density at radius 2 is 1.90 bits per heavy atom. The molecule has 0 saturated heterocycles. The first-order valence-corrected chi connectivity index (χ1v) is 10.7. The Morgan fingerprint density at radius 3 is 2.65 bits per heavy atom. The second-order valence-electron chi connectivity index (χ2n) is 7.28. The monoisotopic (exact) mass is 463 g/mol. The molecule has 0 aliphatic carbocycles. The van der Waals surface area contributed by atoms with E-state index in [0.717, 1.165) is 23.2 Å². The van der Waals surface area contributed by atoms with Crippen molar-refractivity contribution in [1.29, 1.82) is 0 Å². The number of amides is 1. The summed E-state index contributed by atoms with van der Waals surface area (Å²) in [5.74, 6) is 1.87. The molecular weight excluding hydrogens is 438 g/mol. The molecule has 0 atom stereocenters. The number of thiazole rings is 1. The Hall–Kier alpha value is -2.55. The maximum atomic E-state index is 13.5. The highest BCUT2D eigenvalue weighted by atomic mass is 35.5. The third-order valence-electron chi connectivity index (χ3n) is 4.84. The third kappa shape index (κ3) is 5.03. The van der Waals surface area contributed by atoms with E-state index >= 15 is 0 Å². The van der Waals surface area contributed by atoms with Crippen LogP contribution in [0.15, 0.2) is 36.4 Å². The molecule has 0 spiro atoms. The van der Waals surface area contributed by atoms with Crippen LogP contribution in [-0.4, -0.2) is 63.3 Å². The number of benzene rings is 2. The normalized spacial score (nSPS) is 12.5. The van der Waals surface area contributed by atoms with Crippen molar-refractivity contribution in [3.63, 3.8) is 0 Å². The van der Waals surface area contributed by atoms with Crippen LogP contribution in [0.5, 0.6) is 17.2 Å². The van der Waals surface area contributed by atoms with Crippen LogP contribution in [0.4, 0.5) is 5.13 Å². The summed E-state index contributed by atoms with van der Waals surface area (Å²) in [6, 6.07) is 11.1. The Morgan fingerprint density at radius 1 is 1.13 bits per heavy atom. The van der Waals surface area contributed by atoms with Crippen LogP contribution in [-0.2, 0) is 0 Å². The summed E-state index contributed by atoms with van der Waals surface area (Å²) in [5.41, 5.74) is 1.32. The highest BCUT2D eigenvalue weighted by molar-refractivity contribution is 7.22. The minimum absolute atomic E-state index is 0. The lowest BCUT2D eigenvalue weighted by Crippen LogP contribution is -2.33. The van der Waals surface area contributed by atoms with Crippen molar-refractivity contribution in [2.24, 2.45) is 0 Å². The van der Waals surface area contributed by atoms with Crippen LogP contribution in [0.3, 0.4) is 0 Å². The number of aromatic nitrogens is 1. The summed E-state index contributed by atoms with van der Waals surface area (Å²) in [4.78, 5) is 22.1. The Labute approximate surface area is 191 Å². The number of hydrogen-bond acceptors (Lipinski definition) is 7. The number of anilines is 1. The van der Waals surface area contributed by atoms with Gasteiger partial charge in [-0.25, -0.2) is 4.98 Å². The lowest BCUT2D eigenvalue weighted by Gasteiger charge is -2.23. The molecule has 4 rings (SSSR count). The van der Waals surface area contributed by atoms with Crippen LogP contribution in [0.1, 0.15) is 16.8 Å². The lowest BCUT2D eigenvalue weighted by molar-refractivity contribution is 0.0984. The molecule has 1 aliphatic heterocycles. The first-order chi connectivity index (χ1) is 14.6. The Kier molecular flexibility index (Phi) is 7.59. The van der Waals surface area contributed by atoms with Gasteiger partial charge in [0.1, 0.15) is 24.5 Å². The minimum Gasteiger partial charge on any atom is -0.494 e. The molecule has 1 aromatic heterocycles. The fraction of sp³-hybridized carbons (Fsp3) is 0.364. The van der Waals surface area contributed by atoms with Gasteiger partial charge in [0.2, 0.25) is 0 Å². The molecule has 3 aromatic rings. The van der Waals surface area contributed by atoms with Crippen LogP contribution in [0, 0.1) is 0 Å². The highest BCUT2D eigenvalue weighted by Crippen LogP contribution is 2.36. The van der Waals surface area contributed by atoms with E-state index in [9.17, 15) is 4.79 Å². The second-order valence-corrected chi connectivity index (χ2v) is 8.28. The first kappa shape index (κ1) is 23.1. The molecule has 0 N–H and O–H groups in total. The molecule has 1 aliphatic rings. The lowest BCUT2D eigenvalue weighted by atomic mass is 10.1. The number of para-hydroxylation sites is 1. The number of carbonyl (C=O) groups excluding carboxylic acids is 1. The van der Waals surface area contributed by atoms with Crippen molar-refractivity contribution in [2.75, 3.05) is 52.4 Å². The number of rotatable bonds is 7. The molecule has 31 heavy (non-hydrogen) atoms. The van der Waals surface area contributed by atoms with Crippen LogP contribution < -0.4 is 19.1 Å². The smallest absolute Gasteiger partial charge is 0.260 e.